The number of esters is 1. The Bertz CT molecular complexity index is 1940. The predicted octanol–water partition coefficient (Wildman–Crippen LogP) is 3.86. The van der Waals surface area contributed by atoms with Gasteiger partial charge in [-0.05, 0) is 48.4 Å². The Hall–Kier alpha value is -4.71. The Morgan fingerprint density at radius 1 is 1.02 bits per heavy atom. The number of aryl methyl sites for hydroxylation is 1. The molecule has 5 rings (SSSR count). The molecule has 12 heteroatoms. The topological polar surface area (TPSA) is 134 Å². The predicted molar refractivity (Wildman–Crippen MR) is 152 cm³/mol. The van der Waals surface area contributed by atoms with E-state index in [9.17, 15) is 18.0 Å². The summed E-state index contributed by atoms with van der Waals surface area (Å²) >= 11 is 0. The third-order valence-electron chi connectivity index (χ3n) is 6.59. The lowest BCUT2D eigenvalue weighted by atomic mass is 10.0. The van der Waals surface area contributed by atoms with Crippen molar-refractivity contribution in [3.05, 3.63) is 77.0 Å². The van der Waals surface area contributed by atoms with Crippen LogP contribution in [0, 0.1) is 0 Å². The van der Waals surface area contributed by atoms with Crippen LogP contribution in [0.5, 0.6) is 11.6 Å². The minimum absolute atomic E-state index is 0.147. The maximum atomic E-state index is 13.5. The molecule has 0 fully saturated rings. The van der Waals surface area contributed by atoms with Crippen molar-refractivity contribution in [1.29, 1.82) is 0 Å². The summed E-state index contributed by atoms with van der Waals surface area (Å²) in [6.45, 7) is 3.26. The van der Waals surface area contributed by atoms with Crippen molar-refractivity contribution in [3.63, 3.8) is 0 Å². The molecule has 0 spiro atoms. The highest BCUT2D eigenvalue weighted by molar-refractivity contribution is 7.92. The number of benzene rings is 2. The van der Waals surface area contributed by atoms with Crippen molar-refractivity contribution in [2.24, 2.45) is 7.05 Å². The van der Waals surface area contributed by atoms with Crippen LogP contribution in [0.3, 0.4) is 0 Å². The Kier molecular flexibility index (Phi) is 6.80. The van der Waals surface area contributed by atoms with Gasteiger partial charge in [-0.1, -0.05) is 18.2 Å². The molecule has 0 aliphatic heterocycles. The number of sulfonamides is 1. The maximum absolute atomic E-state index is 13.5. The summed E-state index contributed by atoms with van der Waals surface area (Å²) in [4.78, 5) is 33.6. The number of carbonyl (C=O) groups is 1. The molecule has 0 radical (unpaired) electrons. The summed E-state index contributed by atoms with van der Waals surface area (Å²) < 4.78 is 39.8. The molecule has 1 atom stereocenters. The summed E-state index contributed by atoms with van der Waals surface area (Å²) in [5, 5.41) is 0.749. The van der Waals surface area contributed by atoms with Gasteiger partial charge in [0.05, 0.1) is 42.2 Å². The Morgan fingerprint density at radius 3 is 2.40 bits per heavy atom. The zero-order chi connectivity index (χ0) is 28.8. The van der Waals surface area contributed by atoms with E-state index in [1.807, 2.05) is 37.3 Å². The van der Waals surface area contributed by atoms with E-state index in [0.29, 0.717) is 27.9 Å². The minimum Gasteiger partial charge on any atom is -0.480 e. The largest absolute Gasteiger partial charge is 0.480 e. The van der Waals surface area contributed by atoms with E-state index in [2.05, 4.69) is 14.7 Å². The molecule has 3 aromatic heterocycles. The van der Waals surface area contributed by atoms with E-state index in [4.69, 9.17) is 9.47 Å². The van der Waals surface area contributed by atoms with E-state index in [-0.39, 0.29) is 23.3 Å². The molecule has 0 aliphatic carbocycles. The molecule has 3 heterocycles. The number of fused-ring (bicyclic) bond motifs is 3. The fraction of sp³-hybridized carbons (Fsp3) is 0.214. The number of nitrogens with one attached hydrogen (secondary N) is 1. The van der Waals surface area contributed by atoms with Gasteiger partial charge in [0, 0.05) is 31.1 Å². The zero-order valence-electron chi connectivity index (χ0n) is 22.5. The lowest BCUT2D eigenvalue weighted by Gasteiger charge is -2.15. The van der Waals surface area contributed by atoms with Gasteiger partial charge in [-0.2, -0.15) is 0 Å². The average molecular weight is 562 g/mol. The number of hydrogen-bond acceptors (Lipinski definition) is 8. The van der Waals surface area contributed by atoms with Crippen LogP contribution in [0.1, 0.15) is 25.5 Å². The number of hydrogen-bond donors (Lipinski definition) is 1. The van der Waals surface area contributed by atoms with E-state index in [1.165, 1.54) is 14.0 Å². The molecule has 1 N–H and O–H groups in total. The highest BCUT2D eigenvalue weighted by Gasteiger charge is 2.20. The number of carbonyl (C=O) groups excluding carboxylic acids is 1. The van der Waals surface area contributed by atoms with Crippen LogP contribution >= 0.6 is 0 Å². The molecular weight excluding hydrogens is 534 g/mol. The van der Waals surface area contributed by atoms with Crippen LogP contribution in [0.15, 0.2) is 65.7 Å². The van der Waals surface area contributed by atoms with Crippen LogP contribution in [0.4, 0.5) is 5.69 Å². The highest BCUT2D eigenvalue weighted by atomic mass is 32.2. The molecule has 1 unspecified atom stereocenters. The van der Waals surface area contributed by atoms with Gasteiger partial charge in [0.15, 0.2) is 0 Å². The molecule has 0 bridgehead atoms. The van der Waals surface area contributed by atoms with Crippen LogP contribution < -0.4 is 19.9 Å². The molecule has 0 saturated heterocycles. The second-order valence-electron chi connectivity index (χ2n) is 9.43. The third kappa shape index (κ3) is 5.00. The Morgan fingerprint density at radius 2 is 1.75 bits per heavy atom. The summed E-state index contributed by atoms with van der Waals surface area (Å²) in [7, 11) is -0.435. The molecule has 0 aliphatic rings. The number of pyridine rings is 2. The number of ether oxygens (including phenoxy) is 2. The maximum Gasteiger partial charge on any atom is 0.329 e. The molecule has 0 saturated carbocycles. The minimum atomic E-state index is -3.56. The normalized spacial score (nSPS) is 12.4. The van der Waals surface area contributed by atoms with E-state index < -0.39 is 16.0 Å². The van der Waals surface area contributed by atoms with E-state index in [1.54, 1.807) is 46.8 Å². The SMILES string of the molecule is COc1ncc(-c2ccc3ncc4c(c3c2)n(C)c(=O)n4C(C)c2ccc(OC(C)=O)cc2)cc1NS(C)(=O)=O. The van der Waals surface area contributed by atoms with Gasteiger partial charge in [0.25, 0.3) is 0 Å². The van der Waals surface area contributed by atoms with Gasteiger partial charge in [-0.25, -0.2) is 18.2 Å². The van der Waals surface area contributed by atoms with Crippen molar-refractivity contribution in [1.82, 2.24) is 19.1 Å². The molecule has 11 nitrogen and oxygen atoms in total. The number of nitrogens with zero attached hydrogens (tertiary/aromatic N) is 4. The van der Waals surface area contributed by atoms with Crippen LogP contribution in [0.25, 0.3) is 33.1 Å². The molecule has 0 amide bonds. The summed E-state index contributed by atoms with van der Waals surface area (Å²) in [5.41, 5.74) is 4.31. The van der Waals surface area contributed by atoms with Gasteiger partial charge < -0.3 is 9.47 Å². The lowest BCUT2D eigenvalue weighted by molar-refractivity contribution is -0.131. The van der Waals surface area contributed by atoms with Crippen molar-refractivity contribution >= 4 is 43.6 Å². The zero-order valence-corrected chi connectivity index (χ0v) is 23.3. The van der Waals surface area contributed by atoms with Crippen molar-refractivity contribution in [2.75, 3.05) is 18.1 Å². The smallest absolute Gasteiger partial charge is 0.329 e. The van der Waals surface area contributed by atoms with Gasteiger partial charge in [0.1, 0.15) is 11.4 Å². The molecular formula is C28H27N5O6S. The lowest BCUT2D eigenvalue weighted by Crippen LogP contribution is -2.25. The number of imidazole rings is 1. The summed E-state index contributed by atoms with van der Waals surface area (Å²) in [6, 6.07) is 13.9. The van der Waals surface area contributed by atoms with Crippen LogP contribution in [-0.2, 0) is 21.9 Å². The number of aromatic nitrogens is 4. The first-order chi connectivity index (χ1) is 19.0. The van der Waals surface area contributed by atoms with E-state index in [0.717, 1.165) is 22.8 Å². The highest BCUT2D eigenvalue weighted by Crippen LogP contribution is 2.33. The quantitative estimate of drug-likeness (QED) is 0.234. The Labute approximate surface area is 230 Å². The molecule has 206 valence electrons. The first-order valence-corrected chi connectivity index (χ1v) is 14.2. The fourth-order valence-corrected chi connectivity index (χ4v) is 5.33. The van der Waals surface area contributed by atoms with E-state index >= 15 is 0 Å². The number of anilines is 1. The van der Waals surface area contributed by atoms with Gasteiger partial charge in [-0.15, -0.1) is 0 Å². The Balaban J connectivity index is 1.63. The number of methoxy groups -OCH3 is 1. The second-order valence-corrected chi connectivity index (χ2v) is 11.2. The fourth-order valence-electron chi connectivity index (χ4n) is 4.79. The monoisotopic (exact) mass is 561 g/mol. The average Bonchev–Trinajstić information content (AvgIpc) is 3.17. The molecule has 5 aromatic rings. The molecule has 2 aromatic carbocycles. The van der Waals surface area contributed by atoms with Gasteiger partial charge in [-0.3, -0.25) is 23.6 Å². The van der Waals surface area contributed by atoms with Crippen molar-refractivity contribution < 1.29 is 22.7 Å². The molecule has 40 heavy (non-hydrogen) atoms. The summed E-state index contributed by atoms with van der Waals surface area (Å²) in [6.07, 6.45) is 4.33. The van der Waals surface area contributed by atoms with Crippen LogP contribution in [0.2, 0.25) is 0 Å². The van der Waals surface area contributed by atoms with Gasteiger partial charge in [0.2, 0.25) is 15.9 Å². The van der Waals surface area contributed by atoms with Crippen molar-refractivity contribution in [2.45, 2.75) is 19.9 Å². The summed E-state index contributed by atoms with van der Waals surface area (Å²) in [5.74, 6) is 0.168. The first-order valence-electron chi connectivity index (χ1n) is 12.3. The number of rotatable bonds is 7. The first kappa shape index (κ1) is 26.9. The standard InChI is InChI=1S/C28H27N5O6S/c1-16(18-6-9-21(10-7-18)39-17(2)34)33-25-15-29-23-11-8-19(12-22(23)26(25)32(3)28(33)35)20-13-24(31-40(5,36)37)27(38-4)30-14-20/h6-16,31H,1-5H3. The van der Waals surface area contributed by atoms with Crippen LogP contribution in [-0.4, -0.2) is 46.9 Å². The van der Waals surface area contributed by atoms with Gasteiger partial charge >= 0.3 is 11.7 Å². The second kappa shape index (κ2) is 10.1. The third-order valence-corrected chi connectivity index (χ3v) is 7.18. The van der Waals surface area contributed by atoms with Crippen molar-refractivity contribution in [3.8, 4) is 22.8 Å².